The first-order chi connectivity index (χ1) is 14.6. The number of benzene rings is 2. The first-order valence-corrected chi connectivity index (χ1v) is 11.5. The summed E-state index contributed by atoms with van der Waals surface area (Å²) in [6, 6.07) is 18.1. The molecular formula is C24H30BrN3O2. The molecule has 2 aromatic carbocycles. The topological polar surface area (TPSA) is 61.4 Å². The van der Waals surface area contributed by atoms with Gasteiger partial charge in [-0.05, 0) is 61.9 Å². The summed E-state index contributed by atoms with van der Waals surface area (Å²) in [5.74, 6) is 0.153. The molecule has 0 aliphatic carbocycles. The number of anilines is 1. The molecule has 2 amide bonds. The van der Waals surface area contributed by atoms with Gasteiger partial charge in [-0.2, -0.15) is 0 Å². The van der Waals surface area contributed by atoms with E-state index in [9.17, 15) is 9.59 Å². The van der Waals surface area contributed by atoms with Crippen molar-refractivity contribution in [3.8, 4) is 0 Å². The Morgan fingerprint density at radius 1 is 0.933 bits per heavy atom. The molecule has 3 rings (SSSR count). The van der Waals surface area contributed by atoms with E-state index in [1.807, 2.05) is 30.3 Å². The smallest absolute Gasteiger partial charge is 0.238 e. The minimum atomic E-state index is 0.00876. The van der Waals surface area contributed by atoms with Crippen molar-refractivity contribution in [2.45, 2.75) is 44.6 Å². The zero-order valence-corrected chi connectivity index (χ0v) is 18.9. The molecule has 0 aromatic heterocycles. The largest absolute Gasteiger partial charge is 0.353 e. The van der Waals surface area contributed by atoms with Crippen molar-refractivity contribution < 1.29 is 9.59 Å². The number of amides is 2. The van der Waals surface area contributed by atoms with Crippen LogP contribution in [0.2, 0.25) is 0 Å². The Balaban J connectivity index is 1.27. The third kappa shape index (κ3) is 7.92. The molecule has 1 aliphatic rings. The van der Waals surface area contributed by atoms with E-state index in [1.165, 1.54) is 5.56 Å². The van der Waals surface area contributed by atoms with Gasteiger partial charge in [0.2, 0.25) is 11.8 Å². The second-order valence-electron chi connectivity index (χ2n) is 7.87. The van der Waals surface area contributed by atoms with E-state index in [2.05, 4.69) is 55.7 Å². The normalized spacial score (nSPS) is 15.0. The molecule has 1 saturated heterocycles. The van der Waals surface area contributed by atoms with Crippen molar-refractivity contribution in [3.63, 3.8) is 0 Å². The SMILES string of the molecule is O=C(CN1CCC(NC(=O)CCCCc2ccc(Br)cc2)CC1)Nc1ccccc1. The molecule has 0 unspecified atom stereocenters. The summed E-state index contributed by atoms with van der Waals surface area (Å²) in [7, 11) is 0. The van der Waals surface area contributed by atoms with Crippen molar-refractivity contribution in [1.82, 2.24) is 10.2 Å². The van der Waals surface area contributed by atoms with Crippen LogP contribution in [0.3, 0.4) is 0 Å². The first-order valence-electron chi connectivity index (χ1n) is 10.7. The zero-order chi connectivity index (χ0) is 21.2. The minimum absolute atomic E-state index is 0.00876. The Morgan fingerprint density at radius 2 is 1.63 bits per heavy atom. The first kappa shape index (κ1) is 22.5. The Bertz CT molecular complexity index is 803. The molecule has 0 spiro atoms. The van der Waals surface area contributed by atoms with Gasteiger partial charge in [-0.1, -0.05) is 46.3 Å². The number of halogens is 1. The molecule has 2 aromatic rings. The number of rotatable bonds is 9. The zero-order valence-electron chi connectivity index (χ0n) is 17.3. The summed E-state index contributed by atoms with van der Waals surface area (Å²) in [5, 5.41) is 6.09. The predicted molar refractivity (Wildman–Crippen MR) is 124 cm³/mol. The van der Waals surface area contributed by atoms with Crippen LogP contribution in [0.25, 0.3) is 0 Å². The fourth-order valence-electron chi connectivity index (χ4n) is 3.73. The highest BCUT2D eigenvalue weighted by Crippen LogP contribution is 2.14. The van der Waals surface area contributed by atoms with Crippen LogP contribution in [0.15, 0.2) is 59.1 Å². The summed E-state index contributed by atoms with van der Waals surface area (Å²) in [5.41, 5.74) is 2.13. The van der Waals surface area contributed by atoms with Gasteiger partial charge >= 0.3 is 0 Å². The fourth-order valence-corrected chi connectivity index (χ4v) is 3.99. The predicted octanol–water partition coefficient (Wildman–Crippen LogP) is 4.38. The number of carbonyl (C=O) groups is 2. The molecule has 6 heteroatoms. The average molecular weight is 472 g/mol. The molecule has 1 heterocycles. The number of aryl methyl sites for hydroxylation is 1. The lowest BCUT2D eigenvalue weighted by molar-refractivity contribution is -0.122. The number of nitrogens with one attached hydrogen (secondary N) is 2. The lowest BCUT2D eigenvalue weighted by atomic mass is 10.0. The molecule has 0 radical (unpaired) electrons. The molecule has 30 heavy (non-hydrogen) atoms. The molecule has 2 N–H and O–H groups in total. The lowest BCUT2D eigenvalue weighted by Gasteiger charge is -2.31. The van der Waals surface area contributed by atoms with Gasteiger partial charge in [0.15, 0.2) is 0 Å². The standard InChI is InChI=1S/C24H30BrN3O2/c25-20-12-10-19(11-13-20)6-4-5-9-23(29)26-22-14-16-28(17-15-22)18-24(30)27-21-7-2-1-3-8-21/h1-3,7-8,10-13,22H,4-6,9,14-18H2,(H,26,29)(H,27,30). The van der Waals surface area contributed by atoms with Gasteiger partial charge in [0.05, 0.1) is 6.54 Å². The Morgan fingerprint density at radius 3 is 2.33 bits per heavy atom. The van der Waals surface area contributed by atoms with E-state index in [-0.39, 0.29) is 17.9 Å². The van der Waals surface area contributed by atoms with Crippen LogP contribution in [0, 0.1) is 0 Å². The summed E-state index contributed by atoms with van der Waals surface area (Å²) in [6.07, 6.45) is 5.29. The summed E-state index contributed by atoms with van der Waals surface area (Å²) < 4.78 is 1.09. The number of nitrogens with zero attached hydrogens (tertiary/aromatic N) is 1. The summed E-state index contributed by atoms with van der Waals surface area (Å²) in [4.78, 5) is 26.6. The van der Waals surface area contributed by atoms with Gasteiger partial charge in [-0.15, -0.1) is 0 Å². The van der Waals surface area contributed by atoms with Gasteiger partial charge in [-0.25, -0.2) is 0 Å². The van der Waals surface area contributed by atoms with Crippen LogP contribution in [-0.4, -0.2) is 42.4 Å². The second-order valence-corrected chi connectivity index (χ2v) is 8.78. The van der Waals surface area contributed by atoms with Crippen LogP contribution in [0.1, 0.15) is 37.7 Å². The van der Waals surface area contributed by atoms with Crippen molar-refractivity contribution in [3.05, 3.63) is 64.6 Å². The molecule has 0 saturated carbocycles. The van der Waals surface area contributed by atoms with Crippen LogP contribution < -0.4 is 10.6 Å². The van der Waals surface area contributed by atoms with Crippen molar-refractivity contribution in [2.75, 3.05) is 25.0 Å². The number of hydrogen-bond donors (Lipinski definition) is 2. The third-order valence-corrected chi connectivity index (χ3v) is 5.94. The van der Waals surface area contributed by atoms with Gasteiger partial charge in [0.1, 0.15) is 0 Å². The second kappa shape index (κ2) is 11.9. The number of piperidine rings is 1. The highest BCUT2D eigenvalue weighted by atomic mass is 79.9. The monoisotopic (exact) mass is 471 g/mol. The fraction of sp³-hybridized carbons (Fsp3) is 0.417. The lowest BCUT2D eigenvalue weighted by Crippen LogP contribution is -2.46. The maximum atomic E-state index is 12.2. The number of likely N-dealkylation sites (tertiary alicyclic amines) is 1. The van der Waals surface area contributed by atoms with Gasteiger partial charge < -0.3 is 10.6 Å². The number of unbranched alkanes of at least 4 members (excludes halogenated alkanes) is 1. The molecule has 160 valence electrons. The van der Waals surface area contributed by atoms with Gasteiger partial charge in [0, 0.05) is 35.7 Å². The molecular weight excluding hydrogens is 442 g/mol. The third-order valence-electron chi connectivity index (χ3n) is 5.41. The van der Waals surface area contributed by atoms with Crippen molar-refractivity contribution in [2.24, 2.45) is 0 Å². The molecule has 0 atom stereocenters. The maximum Gasteiger partial charge on any atom is 0.238 e. The molecule has 5 nitrogen and oxygen atoms in total. The highest BCUT2D eigenvalue weighted by Gasteiger charge is 2.22. The van der Waals surface area contributed by atoms with Crippen LogP contribution >= 0.6 is 15.9 Å². The van der Waals surface area contributed by atoms with E-state index < -0.39 is 0 Å². The Kier molecular flexibility index (Phi) is 8.90. The van der Waals surface area contributed by atoms with E-state index in [0.717, 1.165) is 55.4 Å². The minimum Gasteiger partial charge on any atom is -0.353 e. The van der Waals surface area contributed by atoms with E-state index >= 15 is 0 Å². The number of hydrogen-bond acceptors (Lipinski definition) is 3. The number of para-hydroxylation sites is 1. The Hall–Kier alpha value is -2.18. The average Bonchev–Trinajstić information content (AvgIpc) is 2.74. The maximum absolute atomic E-state index is 12.2. The van der Waals surface area contributed by atoms with Crippen molar-refractivity contribution in [1.29, 1.82) is 0 Å². The number of carbonyl (C=O) groups excluding carboxylic acids is 2. The highest BCUT2D eigenvalue weighted by molar-refractivity contribution is 9.10. The Labute approximate surface area is 187 Å². The van der Waals surface area contributed by atoms with Crippen molar-refractivity contribution >= 4 is 33.4 Å². The molecule has 0 bridgehead atoms. The van der Waals surface area contributed by atoms with Crippen LogP contribution in [0.5, 0.6) is 0 Å². The quantitative estimate of drug-likeness (QED) is 0.533. The van der Waals surface area contributed by atoms with E-state index in [4.69, 9.17) is 0 Å². The van der Waals surface area contributed by atoms with Crippen LogP contribution in [0.4, 0.5) is 5.69 Å². The molecule has 1 fully saturated rings. The van der Waals surface area contributed by atoms with E-state index in [1.54, 1.807) is 0 Å². The van der Waals surface area contributed by atoms with Crippen LogP contribution in [-0.2, 0) is 16.0 Å². The van der Waals surface area contributed by atoms with Gasteiger partial charge in [-0.3, -0.25) is 14.5 Å². The summed E-state index contributed by atoms with van der Waals surface area (Å²) in [6.45, 7) is 2.05. The summed E-state index contributed by atoms with van der Waals surface area (Å²) >= 11 is 3.45. The van der Waals surface area contributed by atoms with E-state index in [0.29, 0.717) is 13.0 Å². The van der Waals surface area contributed by atoms with Gasteiger partial charge in [0.25, 0.3) is 0 Å². The molecule has 1 aliphatic heterocycles.